The minimum absolute atomic E-state index is 0.134. The third-order valence-electron chi connectivity index (χ3n) is 3.76. The molecule has 7 heteroatoms. The molecule has 0 aliphatic rings. The van der Waals surface area contributed by atoms with Gasteiger partial charge in [-0.1, -0.05) is 36.0 Å². The number of furan rings is 1. The number of benzene rings is 2. The summed E-state index contributed by atoms with van der Waals surface area (Å²) in [5.41, 5.74) is 1.19. The van der Waals surface area contributed by atoms with Crippen molar-refractivity contribution in [1.29, 1.82) is 0 Å². The largest absolute Gasteiger partial charge is 0.461 e. The van der Waals surface area contributed by atoms with Gasteiger partial charge < -0.3 is 9.73 Å². The van der Waals surface area contributed by atoms with Gasteiger partial charge in [-0.15, -0.1) is 0 Å². The van der Waals surface area contributed by atoms with Crippen molar-refractivity contribution in [3.63, 3.8) is 0 Å². The fourth-order valence-electron chi connectivity index (χ4n) is 2.57. The molecule has 2 aromatic heterocycles. The van der Waals surface area contributed by atoms with E-state index in [9.17, 15) is 9.18 Å². The van der Waals surface area contributed by atoms with Crippen LogP contribution in [-0.4, -0.2) is 21.6 Å². The van der Waals surface area contributed by atoms with Gasteiger partial charge in [0.1, 0.15) is 10.8 Å². The van der Waals surface area contributed by atoms with E-state index in [1.807, 2.05) is 24.3 Å². The molecule has 5 nitrogen and oxygen atoms in total. The Hall–Kier alpha value is -3.19. The number of carbonyl (C=O) groups is 1. The summed E-state index contributed by atoms with van der Waals surface area (Å²) in [6.07, 6.45) is 1.56. The van der Waals surface area contributed by atoms with E-state index in [4.69, 9.17) is 4.42 Å². The van der Waals surface area contributed by atoms with E-state index in [-0.39, 0.29) is 11.7 Å². The minimum Gasteiger partial charge on any atom is -0.461 e. The van der Waals surface area contributed by atoms with E-state index in [0.717, 1.165) is 10.9 Å². The molecule has 0 unspecified atom stereocenters. The zero-order valence-corrected chi connectivity index (χ0v) is 14.9. The van der Waals surface area contributed by atoms with Crippen LogP contribution in [-0.2, 0) is 4.79 Å². The van der Waals surface area contributed by atoms with Gasteiger partial charge in [0.05, 0.1) is 17.5 Å². The normalized spacial score (nSPS) is 10.9. The highest BCUT2D eigenvalue weighted by molar-refractivity contribution is 8.00. The zero-order chi connectivity index (χ0) is 18.6. The second kappa shape index (κ2) is 7.59. The first-order chi connectivity index (χ1) is 13.2. The molecule has 2 aromatic carbocycles. The second-order valence-corrected chi connectivity index (χ2v) is 6.66. The lowest BCUT2D eigenvalue weighted by Gasteiger charge is -2.08. The molecule has 0 radical (unpaired) electrons. The fraction of sp³-hybridized carbons (Fsp3) is 0.0500. The van der Waals surface area contributed by atoms with Gasteiger partial charge in [-0.2, -0.15) is 0 Å². The van der Waals surface area contributed by atoms with Crippen LogP contribution in [0.5, 0.6) is 0 Å². The fourth-order valence-corrected chi connectivity index (χ4v) is 3.39. The molecule has 1 N–H and O–H groups in total. The average Bonchev–Trinajstić information content (AvgIpc) is 3.21. The first kappa shape index (κ1) is 17.2. The van der Waals surface area contributed by atoms with E-state index < -0.39 is 5.82 Å². The summed E-state index contributed by atoms with van der Waals surface area (Å²) in [5.74, 6) is 0.520. The molecule has 0 bridgehead atoms. The predicted molar refractivity (Wildman–Crippen MR) is 103 cm³/mol. The Morgan fingerprint density at radius 3 is 2.78 bits per heavy atom. The first-order valence-corrected chi connectivity index (χ1v) is 9.16. The summed E-state index contributed by atoms with van der Waals surface area (Å²) in [6, 6.07) is 16.9. The molecule has 4 rings (SSSR count). The van der Waals surface area contributed by atoms with Gasteiger partial charge in [-0.05, 0) is 36.4 Å². The van der Waals surface area contributed by atoms with Crippen LogP contribution in [0.3, 0.4) is 0 Å². The molecule has 0 aliphatic heterocycles. The van der Waals surface area contributed by atoms with Crippen molar-refractivity contribution in [3.8, 4) is 11.6 Å². The van der Waals surface area contributed by atoms with Crippen molar-refractivity contribution in [2.24, 2.45) is 0 Å². The van der Waals surface area contributed by atoms with Gasteiger partial charge in [0, 0.05) is 11.1 Å². The number of hydrogen-bond acceptors (Lipinski definition) is 5. The molecule has 0 saturated carbocycles. The number of carbonyl (C=O) groups excluding carboxylic acids is 1. The highest BCUT2D eigenvalue weighted by atomic mass is 32.2. The van der Waals surface area contributed by atoms with Gasteiger partial charge in [0.15, 0.2) is 11.6 Å². The van der Waals surface area contributed by atoms with E-state index >= 15 is 0 Å². The van der Waals surface area contributed by atoms with E-state index in [1.54, 1.807) is 30.5 Å². The number of thioether (sulfide) groups is 1. The zero-order valence-electron chi connectivity index (χ0n) is 14.1. The van der Waals surface area contributed by atoms with Crippen LogP contribution in [0.2, 0.25) is 0 Å². The lowest BCUT2D eigenvalue weighted by molar-refractivity contribution is -0.113. The van der Waals surface area contributed by atoms with Gasteiger partial charge in [0.25, 0.3) is 0 Å². The van der Waals surface area contributed by atoms with Gasteiger partial charge in [0.2, 0.25) is 5.91 Å². The highest BCUT2D eigenvalue weighted by Crippen LogP contribution is 2.28. The summed E-state index contributed by atoms with van der Waals surface area (Å²) in [7, 11) is 0. The Balaban J connectivity index is 1.56. The number of fused-ring (bicyclic) bond motifs is 1. The number of amides is 1. The average molecular weight is 379 g/mol. The Kier molecular flexibility index (Phi) is 4.84. The maximum absolute atomic E-state index is 13.2. The summed E-state index contributed by atoms with van der Waals surface area (Å²) >= 11 is 1.29. The lowest BCUT2D eigenvalue weighted by atomic mass is 10.2. The first-order valence-electron chi connectivity index (χ1n) is 8.18. The van der Waals surface area contributed by atoms with Crippen molar-refractivity contribution in [2.75, 3.05) is 11.1 Å². The van der Waals surface area contributed by atoms with Crippen LogP contribution in [0, 0.1) is 5.82 Å². The quantitative estimate of drug-likeness (QED) is 0.400. The third kappa shape index (κ3) is 3.98. The smallest absolute Gasteiger partial charge is 0.234 e. The topological polar surface area (TPSA) is 68.0 Å². The Labute approximate surface area is 158 Å². The number of aromatic nitrogens is 2. The lowest BCUT2D eigenvalue weighted by Crippen LogP contribution is -2.14. The van der Waals surface area contributed by atoms with Crippen LogP contribution in [0.15, 0.2) is 76.4 Å². The molecule has 0 atom stereocenters. The van der Waals surface area contributed by atoms with Gasteiger partial charge >= 0.3 is 0 Å². The maximum atomic E-state index is 13.2. The predicted octanol–water partition coefficient (Wildman–Crippen LogP) is 4.76. The van der Waals surface area contributed by atoms with Crippen molar-refractivity contribution in [2.45, 2.75) is 5.03 Å². The van der Waals surface area contributed by atoms with Crippen molar-refractivity contribution in [3.05, 3.63) is 72.7 Å². The van der Waals surface area contributed by atoms with Crippen LogP contribution in [0.4, 0.5) is 10.1 Å². The molecule has 4 aromatic rings. The number of nitrogens with zero attached hydrogens (tertiary/aromatic N) is 2. The van der Waals surface area contributed by atoms with Crippen molar-refractivity contribution < 1.29 is 13.6 Å². The summed E-state index contributed by atoms with van der Waals surface area (Å²) in [6.45, 7) is 0. The number of anilines is 1. The molecule has 134 valence electrons. The van der Waals surface area contributed by atoms with Crippen LogP contribution in [0.25, 0.3) is 22.5 Å². The molecule has 0 saturated heterocycles. The van der Waals surface area contributed by atoms with Crippen molar-refractivity contribution in [1.82, 2.24) is 9.97 Å². The number of rotatable bonds is 5. The van der Waals surface area contributed by atoms with E-state index in [2.05, 4.69) is 15.3 Å². The van der Waals surface area contributed by atoms with Crippen LogP contribution < -0.4 is 5.32 Å². The van der Waals surface area contributed by atoms with E-state index in [0.29, 0.717) is 22.3 Å². The molecule has 0 aliphatic carbocycles. The van der Waals surface area contributed by atoms with Crippen molar-refractivity contribution >= 4 is 34.3 Å². The second-order valence-electron chi connectivity index (χ2n) is 5.69. The van der Waals surface area contributed by atoms with Gasteiger partial charge in [-0.3, -0.25) is 4.79 Å². The van der Waals surface area contributed by atoms with Gasteiger partial charge in [-0.25, -0.2) is 14.4 Å². The number of hydrogen-bond donors (Lipinski definition) is 1. The maximum Gasteiger partial charge on any atom is 0.234 e. The molecule has 0 fully saturated rings. The van der Waals surface area contributed by atoms with E-state index in [1.165, 1.54) is 23.9 Å². The number of nitrogens with one attached hydrogen (secondary N) is 1. The molecule has 2 heterocycles. The molecule has 27 heavy (non-hydrogen) atoms. The minimum atomic E-state index is -0.398. The summed E-state index contributed by atoms with van der Waals surface area (Å²) < 4.78 is 18.6. The van der Waals surface area contributed by atoms with Crippen LogP contribution >= 0.6 is 11.8 Å². The third-order valence-corrected chi connectivity index (χ3v) is 4.75. The number of halogens is 1. The Bertz CT molecular complexity index is 1100. The SMILES string of the molecule is O=C(CSc1nc(-c2ccco2)nc2ccccc12)Nc1cccc(F)c1. The Morgan fingerprint density at radius 1 is 1.07 bits per heavy atom. The molecule has 1 amide bonds. The highest BCUT2D eigenvalue weighted by Gasteiger charge is 2.13. The number of para-hydroxylation sites is 1. The summed E-state index contributed by atoms with van der Waals surface area (Å²) in [4.78, 5) is 21.3. The monoisotopic (exact) mass is 379 g/mol. The van der Waals surface area contributed by atoms with Crippen LogP contribution in [0.1, 0.15) is 0 Å². The summed E-state index contributed by atoms with van der Waals surface area (Å²) in [5, 5.41) is 4.22. The molecular weight excluding hydrogens is 365 g/mol. The molecular formula is C20H14FN3O2S. The Morgan fingerprint density at radius 2 is 1.96 bits per heavy atom. The molecule has 0 spiro atoms. The standard InChI is InChI=1S/C20H14FN3O2S/c21-13-5-3-6-14(11-13)22-18(25)12-27-20-15-7-1-2-8-16(15)23-19(24-20)17-9-4-10-26-17/h1-11H,12H2,(H,22,25).